The quantitative estimate of drug-likeness (QED) is 0.655. The summed E-state index contributed by atoms with van der Waals surface area (Å²) in [7, 11) is 0. The maximum absolute atomic E-state index is 10.6. The topological polar surface area (TPSA) is 62.0 Å². The van der Waals surface area contributed by atoms with Crippen molar-refractivity contribution in [3.63, 3.8) is 0 Å². The fraction of sp³-hybridized carbons (Fsp3) is 0.188. The highest BCUT2D eigenvalue weighted by Crippen LogP contribution is 2.28. The monoisotopic (exact) mass is 268 g/mol. The fourth-order valence-electron chi connectivity index (χ4n) is 2.13. The van der Waals surface area contributed by atoms with Crippen LogP contribution in [0.25, 0.3) is 0 Å². The third-order valence-electron chi connectivity index (χ3n) is 3.04. The summed E-state index contributed by atoms with van der Waals surface area (Å²) < 4.78 is 0. The molecule has 0 bridgehead atoms. The van der Waals surface area contributed by atoms with Gasteiger partial charge in [0.05, 0.1) is 16.9 Å². The molecule has 0 fully saturated rings. The van der Waals surface area contributed by atoms with Gasteiger partial charge in [0.15, 0.2) is 6.29 Å². The minimum atomic E-state index is -0.0891. The van der Waals surface area contributed by atoms with Crippen LogP contribution in [-0.4, -0.2) is 11.4 Å². The molecule has 0 amide bonds. The molecule has 2 rings (SSSR count). The van der Waals surface area contributed by atoms with E-state index in [0.29, 0.717) is 12.0 Å². The number of rotatable bonds is 3. The minimum absolute atomic E-state index is 0.0891. The summed E-state index contributed by atoms with van der Waals surface area (Å²) in [6.45, 7) is 6.01. The van der Waals surface area contributed by atoms with E-state index in [1.54, 1.807) is 6.07 Å². The molecule has 2 aromatic carbocycles. The van der Waals surface area contributed by atoms with Gasteiger partial charge in [-0.1, -0.05) is 17.7 Å². The summed E-state index contributed by atoms with van der Waals surface area (Å²) in [4.78, 5) is 10.6. The number of phenols is 1. The molecular formula is C16H16N2O2. The van der Waals surface area contributed by atoms with Gasteiger partial charge in [-0.25, -0.2) is 0 Å². The van der Waals surface area contributed by atoms with Crippen LogP contribution in [0.3, 0.4) is 0 Å². The fourth-order valence-corrected chi connectivity index (χ4v) is 2.13. The highest BCUT2D eigenvalue weighted by Gasteiger charge is 2.04. The number of hydrogen-bond donors (Lipinski definition) is 1. The molecule has 0 saturated carbocycles. The van der Waals surface area contributed by atoms with Crippen LogP contribution in [0.1, 0.15) is 27.0 Å². The van der Waals surface area contributed by atoms with Crippen molar-refractivity contribution in [2.75, 3.05) is 0 Å². The van der Waals surface area contributed by atoms with Crippen molar-refractivity contribution in [3.8, 4) is 5.75 Å². The van der Waals surface area contributed by atoms with Crippen molar-refractivity contribution in [2.45, 2.75) is 20.8 Å². The predicted molar refractivity (Wildman–Crippen MR) is 78.3 cm³/mol. The predicted octanol–water partition coefficient (Wildman–Crippen LogP) is 4.55. The Kier molecular flexibility index (Phi) is 3.94. The lowest BCUT2D eigenvalue weighted by Crippen LogP contribution is -1.83. The van der Waals surface area contributed by atoms with E-state index in [-0.39, 0.29) is 11.3 Å². The van der Waals surface area contributed by atoms with E-state index in [1.807, 2.05) is 32.9 Å². The van der Waals surface area contributed by atoms with Crippen LogP contribution in [0.2, 0.25) is 0 Å². The van der Waals surface area contributed by atoms with Gasteiger partial charge in [0.25, 0.3) is 0 Å². The molecular weight excluding hydrogens is 252 g/mol. The van der Waals surface area contributed by atoms with Gasteiger partial charge < -0.3 is 5.11 Å². The number of aldehydes is 1. The number of carbonyl (C=O) groups excluding carboxylic acids is 1. The zero-order valence-electron chi connectivity index (χ0n) is 11.7. The number of phenolic OH excluding ortho intramolecular Hbond substituents is 1. The lowest BCUT2D eigenvalue weighted by molar-refractivity contribution is 0.112. The smallest absolute Gasteiger partial charge is 0.153 e. The minimum Gasteiger partial charge on any atom is -0.507 e. The molecule has 4 nitrogen and oxygen atoms in total. The van der Waals surface area contributed by atoms with Gasteiger partial charge in [0.2, 0.25) is 0 Å². The standard InChI is InChI=1S/C16H16N2O2/c1-10-6-11(2)16(12(3)7-10)18-17-14-5-4-13(9-19)15(20)8-14/h4-9,20H,1-3H3. The van der Waals surface area contributed by atoms with Crippen molar-refractivity contribution in [2.24, 2.45) is 10.2 Å². The highest BCUT2D eigenvalue weighted by molar-refractivity contribution is 5.80. The summed E-state index contributed by atoms with van der Waals surface area (Å²) in [5.74, 6) is -0.0891. The van der Waals surface area contributed by atoms with E-state index in [9.17, 15) is 9.90 Å². The van der Waals surface area contributed by atoms with Gasteiger partial charge in [-0.2, -0.15) is 10.2 Å². The Labute approximate surface area is 117 Å². The Bertz CT molecular complexity index is 668. The average molecular weight is 268 g/mol. The van der Waals surface area contributed by atoms with Gasteiger partial charge >= 0.3 is 0 Å². The second-order valence-corrected chi connectivity index (χ2v) is 4.81. The number of benzene rings is 2. The van der Waals surface area contributed by atoms with E-state index in [4.69, 9.17) is 0 Å². The molecule has 2 aromatic rings. The third kappa shape index (κ3) is 2.91. The van der Waals surface area contributed by atoms with Gasteiger partial charge in [-0.15, -0.1) is 0 Å². The Hall–Kier alpha value is -2.49. The first-order valence-electron chi connectivity index (χ1n) is 6.29. The summed E-state index contributed by atoms with van der Waals surface area (Å²) in [5, 5.41) is 18.0. The molecule has 0 atom stereocenters. The lowest BCUT2D eigenvalue weighted by Gasteiger charge is -2.05. The Balaban J connectivity index is 2.34. The Morgan fingerprint density at radius 3 is 2.20 bits per heavy atom. The van der Waals surface area contributed by atoms with Crippen LogP contribution in [0.5, 0.6) is 5.75 Å². The number of azo groups is 1. The Morgan fingerprint density at radius 1 is 1.00 bits per heavy atom. The van der Waals surface area contributed by atoms with Crippen LogP contribution < -0.4 is 0 Å². The molecule has 0 radical (unpaired) electrons. The van der Waals surface area contributed by atoms with Gasteiger partial charge in [0, 0.05) is 6.07 Å². The summed E-state index contributed by atoms with van der Waals surface area (Å²) in [6.07, 6.45) is 0.602. The van der Waals surface area contributed by atoms with Crippen LogP contribution in [0.4, 0.5) is 11.4 Å². The largest absolute Gasteiger partial charge is 0.507 e. The molecule has 0 heterocycles. The molecule has 0 aliphatic heterocycles. The molecule has 0 saturated heterocycles. The first-order valence-corrected chi connectivity index (χ1v) is 6.29. The maximum atomic E-state index is 10.6. The molecule has 20 heavy (non-hydrogen) atoms. The van der Waals surface area contributed by atoms with Crippen molar-refractivity contribution in [1.82, 2.24) is 0 Å². The average Bonchev–Trinajstić information content (AvgIpc) is 2.37. The van der Waals surface area contributed by atoms with Crippen LogP contribution in [0, 0.1) is 20.8 Å². The van der Waals surface area contributed by atoms with Crippen LogP contribution in [0.15, 0.2) is 40.6 Å². The summed E-state index contributed by atoms with van der Waals surface area (Å²) in [6, 6.07) is 8.69. The molecule has 4 heteroatoms. The Morgan fingerprint density at radius 2 is 1.65 bits per heavy atom. The van der Waals surface area contributed by atoms with E-state index < -0.39 is 0 Å². The number of carbonyl (C=O) groups is 1. The second kappa shape index (κ2) is 5.65. The number of nitrogens with zero attached hydrogens (tertiary/aromatic N) is 2. The molecule has 0 spiro atoms. The summed E-state index contributed by atoms with van der Waals surface area (Å²) >= 11 is 0. The normalized spacial score (nSPS) is 10.9. The molecule has 0 aliphatic carbocycles. The van der Waals surface area contributed by atoms with Gasteiger partial charge in [-0.05, 0) is 44.0 Å². The molecule has 0 unspecified atom stereocenters. The molecule has 102 valence electrons. The van der Waals surface area contributed by atoms with E-state index in [2.05, 4.69) is 10.2 Å². The van der Waals surface area contributed by atoms with Crippen LogP contribution in [-0.2, 0) is 0 Å². The van der Waals surface area contributed by atoms with Crippen molar-refractivity contribution < 1.29 is 9.90 Å². The van der Waals surface area contributed by atoms with Gasteiger partial charge in [0.1, 0.15) is 5.75 Å². The number of hydrogen-bond acceptors (Lipinski definition) is 4. The van der Waals surface area contributed by atoms with E-state index in [0.717, 1.165) is 16.8 Å². The van der Waals surface area contributed by atoms with E-state index in [1.165, 1.54) is 17.7 Å². The van der Waals surface area contributed by atoms with Crippen molar-refractivity contribution in [3.05, 3.63) is 52.6 Å². The highest BCUT2D eigenvalue weighted by atomic mass is 16.3. The van der Waals surface area contributed by atoms with Crippen molar-refractivity contribution in [1.29, 1.82) is 0 Å². The zero-order chi connectivity index (χ0) is 14.7. The first-order chi connectivity index (χ1) is 9.51. The zero-order valence-corrected chi connectivity index (χ0v) is 11.7. The maximum Gasteiger partial charge on any atom is 0.153 e. The SMILES string of the molecule is Cc1cc(C)c(N=Nc2ccc(C=O)c(O)c2)c(C)c1. The molecule has 0 aliphatic rings. The second-order valence-electron chi connectivity index (χ2n) is 4.81. The molecule has 0 aromatic heterocycles. The van der Waals surface area contributed by atoms with E-state index >= 15 is 0 Å². The first kappa shape index (κ1) is 13.9. The number of aromatic hydroxyl groups is 1. The molecule has 1 N–H and O–H groups in total. The number of aryl methyl sites for hydroxylation is 3. The van der Waals surface area contributed by atoms with Crippen LogP contribution >= 0.6 is 0 Å². The van der Waals surface area contributed by atoms with Gasteiger partial charge in [-0.3, -0.25) is 4.79 Å². The lowest BCUT2D eigenvalue weighted by atomic mass is 10.1. The summed E-state index contributed by atoms with van der Waals surface area (Å²) in [5.41, 5.74) is 4.88. The third-order valence-corrected chi connectivity index (χ3v) is 3.04. The van der Waals surface area contributed by atoms with Crippen molar-refractivity contribution >= 4 is 17.7 Å².